The van der Waals surface area contributed by atoms with Crippen molar-refractivity contribution in [2.45, 2.75) is 174 Å². The van der Waals surface area contributed by atoms with Crippen LogP contribution in [0.5, 0.6) is 0 Å². The Labute approximate surface area is 208 Å². The molecular formula is C30H80O. The van der Waals surface area contributed by atoms with Crippen molar-refractivity contribution in [2.24, 2.45) is 23.7 Å². The topological polar surface area (TPSA) is 17.1 Å². The molecule has 0 unspecified atom stereocenters. The molecule has 0 saturated carbocycles. The van der Waals surface area contributed by atoms with Gasteiger partial charge in [0.1, 0.15) is 5.78 Å². The second-order valence-corrected chi connectivity index (χ2v) is 8.65. The summed E-state index contributed by atoms with van der Waals surface area (Å²) in [7, 11) is 0. The number of carbonyl (C=O) groups is 1. The average molecular weight is 457 g/mol. The first-order valence-corrected chi connectivity index (χ1v) is 11.3. The third kappa shape index (κ3) is 386. The van der Waals surface area contributed by atoms with Crippen molar-refractivity contribution >= 4 is 5.78 Å². The zero-order valence-electron chi connectivity index (χ0n) is 22.0. The highest BCUT2D eigenvalue weighted by molar-refractivity contribution is 5.79. The van der Waals surface area contributed by atoms with Gasteiger partial charge in [0, 0.05) is 12.3 Å². The fourth-order valence-electron chi connectivity index (χ4n) is 0.408. The number of rotatable bonds is 3. The molecule has 31 heavy (non-hydrogen) atoms. The SMILES string of the molecule is C.C.C.C.C.CC(C)C.CC(C)C.CCC.CCC.CCC(=O)C(C)C.CCC(C)C. The molecule has 0 aliphatic carbocycles. The van der Waals surface area contributed by atoms with Gasteiger partial charge in [-0.1, -0.05) is 167 Å². The average Bonchev–Trinajstić information content (AvgIpc) is 2.47. The van der Waals surface area contributed by atoms with E-state index in [1.54, 1.807) is 0 Å². The van der Waals surface area contributed by atoms with Crippen LogP contribution in [0.3, 0.4) is 0 Å². The van der Waals surface area contributed by atoms with E-state index in [-0.39, 0.29) is 43.1 Å². The van der Waals surface area contributed by atoms with E-state index in [2.05, 4.69) is 90.0 Å². The molecule has 0 aliphatic heterocycles. The number of hydrogen-bond acceptors (Lipinski definition) is 1. The van der Waals surface area contributed by atoms with Crippen LogP contribution in [0.25, 0.3) is 0 Å². The molecule has 0 aromatic rings. The van der Waals surface area contributed by atoms with E-state index in [1.807, 2.05) is 20.8 Å². The lowest BCUT2D eigenvalue weighted by molar-refractivity contribution is -0.121. The lowest BCUT2D eigenvalue weighted by atomic mass is 10.1. The van der Waals surface area contributed by atoms with Crippen LogP contribution in [-0.4, -0.2) is 5.78 Å². The van der Waals surface area contributed by atoms with Gasteiger partial charge in [0.2, 0.25) is 0 Å². The molecule has 0 N–H and O–H groups in total. The Morgan fingerprint density at radius 1 is 0.516 bits per heavy atom. The Morgan fingerprint density at radius 3 is 0.645 bits per heavy atom. The van der Waals surface area contributed by atoms with Gasteiger partial charge in [-0.15, -0.1) is 0 Å². The molecule has 0 spiro atoms. The molecule has 0 aromatic carbocycles. The summed E-state index contributed by atoms with van der Waals surface area (Å²) >= 11 is 0. The first-order chi connectivity index (χ1) is 11.7. The van der Waals surface area contributed by atoms with Gasteiger partial charge in [-0.2, -0.15) is 0 Å². The van der Waals surface area contributed by atoms with Crippen LogP contribution >= 0.6 is 0 Å². The monoisotopic (exact) mass is 457 g/mol. The lowest BCUT2D eigenvalue weighted by Crippen LogP contribution is -2.03. The molecule has 0 aromatic heterocycles. The van der Waals surface area contributed by atoms with E-state index in [1.165, 1.54) is 19.3 Å². The molecule has 0 atom stereocenters. The molecule has 0 radical (unpaired) electrons. The normalized spacial score (nSPS) is 7.23. The van der Waals surface area contributed by atoms with Gasteiger partial charge in [-0.25, -0.2) is 0 Å². The molecule has 0 bridgehead atoms. The third-order valence-corrected chi connectivity index (χ3v) is 1.81. The predicted molar refractivity (Wildman–Crippen MR) is 162 cm³/mol. The maximum absolute atomic E-state index is 10.5. The van der Waals surface area contributed by atoms with Crippen molar-refractivity contribution < 1.29 is 4.79 Å². The Balaban J connectivity index is -0.0000000171. The van der Waals surface area contributed by atoms with Crippen molar-refractivity contribution in [3.63, 3.8) is 0 Å². The molecule has 0 saturated heterocycles. The smallest absolute Gasteiger partial charge is 0.135 e. The number of hydrogen-bond donors (Lipinski definition) is 0. The van der Waals surface area contributed by atoms with E-state index < -0.39 is 0 Å². The molecule has 0 amide bonds. The lowest BCUT2D eigenvalue weighted by Gasteiger charge is -1.96. The van der Waals surface area contributed by atoms with Gasteiger partial charge >= 0.3 is 0 Å². The Bertz CT molecular complexity index is 177. The second-order valence-electron chi connectivity index (χ2n) is 8.65. The van der Waals surface area contributed by atoms with Crippen molar-refractivity contribution in [3.8, 4) is 0 Å². The van der Waals surface area contributed by atoms with E-state index in [0.29, 0.717) is 12.2 Å². The summed E-state index contributed by atoms with van der Waals surface area (Å²) in [6, 6.07) is 0. The summed E-state index contributed by atoms with van der Waals surface area (Å²) in [5.74, 6) is 3.12. The number of ketones is 1. The van der Waals surface area contributed by atoms with Crippen LogP contribution in [0.15, 0.2) is 0 Å². The number of carbonyl (C=O) groups excluding carboxylic acids is 1. The minimum Gasteiger partial charge on any atom is -0.299 e. The zero-order valence-corrected chi connectivity index (χ0v) is 22.0. The van der Waals surface area contributed by atoms with Gasteiger partial charge in [0.25, 0.3) is 0 Å². The van der Waals surface area contributed by atoms with Crippen LogP contribution < -0.4 is 0 Å². The minimum atomic E-state index is 0. The van der Waals surface area contributed by atoms with Crippen molar-refractivity contribution in [2.75, 3.05) is 0 Å². The second kappa shape index (κ2) is 70.0. The van der Waals surface area contributed by atoms with Gasteiger partial charge in [-0.3, -0.25) is 4.79 Å². The quantitative estimate of drug-likeness (QED) is 0.412. The predicted octanol–water partition coefficient (Wildman–Crippen LogP) is 13.0. The van der Waals surface area contributed by atoms with E-state index in [4.69, 9.17) is 0 Å². The first kappa shape index (κ1) is 69.8. The fraction of sp³-hybridized carbons (Fsp3) is 0.967. The highest BCUT2D eigenvalue weighted by Crippen LogP contribution is 1.95. The molecule has 206 valence electrons. The largest absolute Gasteiger partial charge is 0.299 e. The third-order valence-electron chi connectivity index (χ3n) is 1.81. The Morgan fingerprint density at radius 2 is 0.645 bits per heavy atom. The molecule has 0 heterocycles. The maximum Gasteiger partial charge on any atom is 0.135 e. The first-order valence-electron chi connectivity index (χ1n) is 11.3. The van der Waals surface area contributed by atoms with Crippen molar-refractivity contribution in [3.05, 3.63) is 0 Å². The molecule has 1 nitrogen and oxygen atoms in total. The summed E-state index contributed by atoms with van der Waals surface area (Å²) < 4.78 is 0. The molecular weight excluding hydrogens is 376 g/mol. The molecule has 1 heteroatoms. The van der Waals surface area contributed by atoms with E-state index >= 15 is 0 Å². The van der Waals surface area contributed by atoms with Gasteiger partial charge in [-0.05, 0) is 17.8 Å². The van der Waals surface area contributed by atoms with Gasteiger partial charge in [0.05, 0.1) is 0 Å². The Kier molecular flexibility index (Phi) is 157. The zero-order chi connectivity index (χ0) is 22.7. The van der Waals surface area contributed by atoms with Crippen LogP contribution in [0, 0.1) is 23.7 Å². The van der Waals surface area contributed by atoms with Gasteiger partial charge < -0.3 is 0 Å². The van der Waals surface area contributed by atoms with Crippen molar-refractivity contribution in [1.29, 1.82) is 0 Å². The number of Topliss-reactive ketones (excluding diaryl/α,β-unsaturated/α-hetero) is 1. The summed E-state index contributed by atoms with van der Waals surface area (Å²) in [5, 5.41) is 0. The van der Waals surface area contributed by atoms with Crippen LogP contribution in [0.4, 0.5) is 0 Å². The van der Waals surface area contributed by atoms with Crippen LogP contribution in [0.2, 0.25) is 0 Å². The van der Waals surface area contributed by atoms with Gasteiger partial charge in [0.15, 0.2) is 0 Å². The fourth-order valence-corrected chi connectivity index (χ4v) is 0.408. The highest BCUT2D eigenvalue weighted by Gasteiger charge is 2.00. The summed E-state index contributed by atoms with van der Waals surface area (Å²) in [6.07, 6.45) is 4.48. The summed E-state index contributed by atoms with van der Waals surface area (Å²) in [4.78, 5) is 10.5. The van der Waals surface area contributed by atoms with Crippen LogP contribution in [-0.2, 0) is 4.79 Å². The highest BCUT2D eigenvalue weighted by atomic mass is 16.1. The van der Waals surface area contributed by atoms with E-state index in [0.717, 1.165) is 17.8 Å². The molecule has 0 fully saturated rings. The summed E-state index contributed by atoms with van der Waals surface area (Å²) in [5.41, 5.74) is 0. The minimum absolute atomic E-state index is 0. The van der Waals surface area contributed by atoms with Crippen LogP contribution in [0.1, 0.15) is 174 Å². The Hall–Kier alpha value is -0.330. The molecule has 0 rings (SSSR count). The summed E-state index contributed by atoms with van der Waals surface area (Å²) in [6.45, 7) is 33.9. The van der Waals surface area contributed by atoms with E-state index in [9.17, 15) is 4.79 Å². The van der Waals surface area contributed by atoms with Crippen molar-refractivity contribution in [1.82, 2.24) is 0 Å². The molecule has 0 aliphatic rings. The standard InChI is InChI=1S/C6H12O.C5H12.2C4H10.2C3H8.5CH4/c1-4-6(7)5(2)3;1-4-5(2)3;2*1-4(2)3;2*1-3-2;;;;;/h5H,4H2,1-3H3;5H,4H2,1-3H3;2*4H,1-3H3;2*3H2,1-2H3;5*1H4. The maximum atomic E-state index is 10.5.